The lowest BCUT2D eigenvalue weighted by Crippen LogP contribution is -2.33. The molecule has 0 aromatic heterocycles. The van der Waals surface area contributed by atoms with E-state index in [-0.39, 0.29) is 18.3 Å². The first-order chi connectivity index (χ1) is 9.25. The second-order valence-electron chi connectivity index (χ2n) is 5.03. The number of carbonyl (C=O) groups is 1. The Morgan fingerprint density at radius 3 is 2.74 bits per heavy atom. The Morgan fingerprint density at radius 2 is 2.00 bits per heavy atom. The second kappa shape index (κ2) is 7.12. The summed E-state index contributed by atoms with van der Waals surface area (Å²) < 4.78 is 18.4. The Kier molecular flexibility index (Phi) is 5.19. The maximum atomic E-state index is 13.3. The van der Waals surface area contributed by atoms with Gasteiger partial charge in [-0.2, -0.15) is 0 Å². The minimum atomic E-state index is -0.442. The highest BCUT2D eigenvalue weighted by Gasteiger charge is 2.14. The summed E-state index contributed by atoms with van der Waals surface area (Å²) in [7, 11) is 0. The van der Waals surface area contributed by atoms with Crippen molar-refractivity contribution in [3.8, 4) is 5.75 Å². The van der Waals surface area contributed by atoms with Crippen LogP contribution < -0.4 is 10.1 Å². The molecular weight excluding hydrogens is 245 g/mol. The molecule has 1 amide bonds. The van der Waals surface area contributed by atoms with Crippen molar-refractivity contribution in [2.24, 2.45) is 5.92 Å². The SMILES string of the molecule is O=C(COc1ccccc1F)NCC1CCCCC1. The molecule has 4 heteroatoms. The number of rotatable bonds is 5. The number of amides is 1. The van der Waals surface area contributed by atoms with Crippen molar-refractivity contribution in [2.45, 2.75) is 32.1 Å². The number of halogens is 1. The van der Waals surface area contributed by atoms with Gasteiger partial charge in [0, 0.05) is 6.54 Å². The van der Waals surface area contributed by atoms with E-state index in [1.165, 1.54) is 44.2 Å². The third-order valence-corrected chi connectivity index (χ3v) is 3.51. The Bertz CT molecular complexity index is 416. The molecule has 104 valence electrons. The summed E-state index contributed by atoms with van der Waals surface area (Å²) in [5.41, 5.74) is 0. The van der Waals surface area contributed by atoms with E-state index in [0.717, 1.165) is 0 Å². The molecule has 1 N–H and O–H groups in total. The Labute approximate surface area is 113 Å². The number of para-hydroxylation sites is 1. The summed E-state index contributed by atoms with van der Waals surface area (Å²) in [6, 6.07) is 6.10. The highest BCUT2D eigenvalue weighted by atomic mass is 19.1. The van der Waals surface area contributed by atoms with Gasteiger partial charge < -0.3 is 10.1 Å². The van der Waals surface area contributed by atoms with Crippen molar-refractivity contribution >= 4 is 5.91 Å². The van der Waals surface area contributed by atoms with Crippen LogP contribution in [-0.2, 0) is 4.79 Å². The molecule has 1 aliphatic rings. The number of ether oxygens (including phenoxy) is 1. The van der Waals surface area contributed by atoms with E-state index in [2.05, 4.69) is 5.32 Å². The van der Waals surface area contributed by atoms with Crippen LogP contribution in [0.4, 0.5) is 4.39 Å². The molecule has 0 aliphatic heterocycles. The maximum absolute atomic E-state index is 13.3. The Hall–Kier alpha value is -1.58. The molecular formula is C15H20FNO2. The third-order valence-electron chi connectivity index (χ3n) is 3.51. The molecule has 1 saturated carbocycles. The smallest absolute Gasteiger partial charge is 0.257 e. The van der Waals surface area contributed by atoms with Gasteiger partial charge in [-0.15, -0.1) is 0 Å². The van der Waals surface area contributed by atoms with E-state index in [1.54, 1.807) is 12.1 Å². The molecule has 2 rings (SSSR count). The van der Waals surface area contributed by atoms with Crippen LogP contribution in [0.1, 0.15) is 32.1 Å². The first kappa shape index (κ1) is 13.8. The van der Waals surface area contributed by atoms with Gasteiger partial charge in [0.2, 0.25) is 0 Å². The molecule has 0 unspecified atom stereocenters. The largest absolute Gasteiger partial charge is 0.481 e. The third kappa shape index (κ3) is 4.54. The van der Waals surface area contributed by atoms with Crippen molar-refractivity contribution in [1.82, 2.24) is 5.32 Å². The number of hydrogen-bond acceptors (Lipinski definition) is 2. The highest BCUT2D eigenvalue weighted by molar-refractivity contribution is 5.77. The van der Waals surface area contributed by atoms with Gasteiger partial charge in [-0.05, 0) is 30.9 Å². The number of hydrogen-bond donors (Lipinski definition) is 1. The molecule has 0 bridgehead atoms. The zero-order valence-electron chi connectivity index (χ0n) is 11.0. The van der Waals surface area contributed by atoms with Gasteiger partial charge in [0.15, 0.2) is 18.2 Å². The minimum absolute atomic E-state index is 0.121. The van der Waals surface area contributed by atoms with E-state index < -0.39 is 5.82 Å². The predicted molar refractivity (Wildman–Crippen MR) is 71.5 cm³/mol. The minimum Gasteiger partial charge on any atom is -0.481 e. The van der Waals surface area contributed by atoms with Crippen LogP contribution in [0.25, 0.3) is 0 Å². The first-order valence-electron chi connectivity index (χ1n) is 6.90. The predicted octanol–water partition coefficient (Wildman–Crippen LogP) is 2.90. The van der Waals surface area contributed by atoms with Gasteiger partial charge in [-0.1, -0.05) is 31.4 Å². The summed E-state index contributed by atoms with van der Waals surface area (Å²) in [4.78, 5) is 11.6. The van der Waals surface area contributed by atoms with Crippen LogP contribution in [0.2, 0.25) is 0 Å². The standard InChI is InChI=1S/C15H20FNO2/c16-13-8-4-5-9-14(13)19-11-15(18)17-10-12-6-2-1-3-7-12/h4-5,8-9,12H,1-3,6-7,10-11H2,(H,17,18). The maximum Gasteiger partial charge on any atom is 0.257 e. The summed E-state index contributed by atoms with van der Waals surface area (Å²) in [6.45, 7) is 0.577. The number of benzene rings is 1. The van der Waals surface area contributed by atoms with Crippen molar-refractivity contribution < 1.29 is 13.9 Å². The van der Waals surface area contributed by atoms with Crippen LogP contribution >= 0.6 is 0 Å². The fourth-order valence-corrected chi connectivity index (χ4v) is 2.41. The molecule has 0 saturated heterocycles. The zero-order chi connectivity index (χ0) is 13.5. The molecule has 0 atom stereocenters. The monoisotopic (exact) mass is 265 g/mol. The van der Waals surface area contributed by atoms with Crippen molar-refractivity contribution in [3.63, 3.8) is 0 Å². The molecule has 1 aromatic rings. The van der Waals surface area contributed by atoms with E-state index in [4.69, 9.17) is 4.74 Å². The van der Waals surface area contributed by atoms with Crippen LogP contribution in [0.15, 0.2) is 24.3 Å². The molecule has 1 aromatic carbocycles. The molecule has 0 heterocycles. The summed E-state index contributed by atoms with van der Waals surface area (Å²) in [5.74, 6) is 0.0814. The zero-order valence-corrected chi connectivity index (χ0v) is 11.0. The lowest BCUT2D eigenvalue weighted by atomic mass is 9.89. The molecule has 3 nitrogen and oxygen atoms in total. The lowest BCUT2D eigenvalue weighted by molar-refractivity contribution is -0.123. The fourth-order valence-electron chi connectivity index (χ4n) is 2.41. The summed E-state index contributed by atoms with van der Waals surface area (Å²) >= 11 is 0. The molecule has 19 heavy (non-hydrogen) atoms. The Balaban J connectivity index is 1.68. The Morgan fingerprint density at radius 1 is 1.26 bits per heavy atom. The van der Waals surface area contributed by atoms with Gasteiger partial charge in [-0.3, -0.25) is 4.79 Å². The van der Waals surface area contributed by atoms with Crippen LogP contribution in [-0.4, -0.2) is 19.1 Å². The average molecular weight is 265 g/mol. The average Bonchev–Trinajstić information content (AvgIpc) is 2.45. The fraction of sp³-hybridized carbons (Fsp3) is 0.533. The number of nitrogens with one attached hydrogen (secondary N) is 1. The summed E-state index contributed by atoms with van der Waals surface area (Å²) in [6.07, 6.45) is 6.20. The first-order valence-corrected chi connectivity index (χ1v) is 6.90. The van der Waals surface area contributed by atoms with E-state index in [9.17, 15) is 9.18 Å². The summed E-state index contributed by atoms with van der Waals surface area (Å²) in [5, 5.41) is 2.86. The van der Waals surface area contributed by atoms with E-state index >= 15 is 0 Å². The normalized spacial score (nSPS) is 16.1. The molecule has 1 aliphatic carbocycles. The van der Waals surface area contributed by atoms with Gasteiger partial charge in [0.25, 0.3) is 5.91 Å². The molecule has 1 fully saturated rings. The van der Waals surface area contributed by atoms with E-state index in [1.807, 2.05) is 0 Å². The van der Waals surface area contributed by atoms with Crippen LogP contribution in [0.3, 0.4) is 0 Å². The quantitative estimate of drug-likeness (QED) is 0.889. The van der Waals surface area contributed by atoms with Crippen LogP contribution in [0, 0.1) is 11.7 Å². The molecule has 0 radical (unpaired) electrons. The topological polar surface area (TPSA) is 38.3 Å². The highest BCUT2D eigenvalue weighted by Crippen LogP contribution is 2.22. The van der Waals surface area contributed by atoms with Crippen molar-refractivity contribution in [2.75, 3.05) is 13.2 Å². The van der Waals surface area contributed by atoms with E-state index in [0.29, 0.717) is 12.5 Å². The van der Waals surface area contributed by atoms with Crippen molar-refractivity contribution in [1.29, 1.82) is 0 Å². The van der Waals surface area contributed by atoms with Gasteiger partial charge in [0.1, 0.15) is 0 Å². The lowest BCUT2D eigenvalue weighted by Gasteiger charge is -2.21. The van der Waals surface area contributed by atoms with Gasteiger partial charge >= 0.3 is 0 Å². The van der Waals surface area contributed by atoms with Gasteiger partial charge in [-0.25, -0.2) is 4.39 Å². The van der Waals surface area contributed by atoms with Crippen LogP contribution in [0.5, 0.6) is 5.75 Å². The second-order valence-corrected chi connectivity index (χ2v) is 5.03. The van der Waals surface area contributed by atoms with Gasteiger partial charge in [0.05, 0.1) is 0 Å². The number of carbonyl (C=O) groups excluding carboxylic acids is 1. The van der Waals surface area contributed by atoms with Crippen molar-refractivity contribution in [3.05, 3.63) is 30.1 Å². The molecule has 0 spiro atoms.